The molecule has 0 heterocycles. The minimum atomic E-state index is -0.787. The number of unbranched alkanes of at least 4 members (excludes halogenated alkanes) is 2. The lowest BCUT2D eigenvalue weighted by molar-refractivity contribution is -0.142. The predicted octanol–water partition coefficient (Wildman–Crippen LogP) is 5.48. The van der Waals surface area contributed by atoms with Crippen LogP contribution in [0.3, 0.4) is 0 Å². The maximum absolute atomic E-state index is 14.0. The highest BCUT2D eigenvalue weighted by Crippen LogP contribution is 2.25. The first-order chi connectivity index (χ1) is 17.1. The Labute approximate surface area is 222 Å². The molecular formula is C28H47N3O4S. The summed E-state index contributed by atoms with van der Waals surface area (Å²) in [6.45, 7) is 12.5. The average Bonchev–Trinajstić information content (AvgIpc) is 2.83. The Hall–Kier alpha value is -2.22. The van der Waals surface area contributed by atoms with E-state index in [0.717, 1.165) is 37.7 Å². The second-order valence-corrected chi connectivity index (χ2v) is 11.0. The fourth-order valence-corrected chi connectivity index (χ4v) is 4.20. The number of benzene rings is 1. The molecule has 0 aromatic heterocycles. The quantitative estimate of drug-likeness (QED) is 0.298. The van der Waals surface area contributed by atoms with Gasteiger partial charge in [-0.3, -0.25) is 9.59 Å². The molecule has 3 amide bonds. The van der Waals surface area contributed by atoms with E-state index in [4.69, 9.17) is 4.74 Å². The van der Waals surface area contributed by atoms with Crippen LogP contribution >= 0.6 is 11.8 Å². The molecule has 7 nitrogen and oxygen atoms in total. The van der Waals surface area contributed by atoms with E-state index in [0.29, 0.717) is 25.3 Å². The lowest BCUT2D eigenvalue weighted by atomic mass is 9.99. The zero-order valence-electron chi connectivity index (χ0n) is 23.3. The first-order valence-electron chi connectivity index (χ1n) is 13.2. The Balaban J connectivity index is 3.39. The summed E-state index contributed by atoms with van der Waals surface area (Å²) in [7, 11) is 0. The number of carbonyl (C=O) groups is 3. The summed E-state index contributed by atoms with van der Waals surface area (Å²) < 4.78 is 5.44. The van der Waals surface area contributed by atoms with Crippen molar-refractivity contribution >= 4 is 29.7 Å². The maximum Gasteiger partial charge on any atom is 0.408 e. The fraction of sp³-hybridized carbons (Fsp3) is 0.679. The number of alkyl carbamates (subject to hydrolysis) is 1. The van der Waals surface area contributed by atoms with Gasteiger partial charge in [0, 0.05) is 13.1 Å². The van der Waals surface area contributed by atoms with Gasteiger partial charge in [-0.2, -0.15) is 11.8 Å². The van der Waals surface area contributed by atoms with Crippen molar-refractivity contribution in [3.05, 3.63) is 35.4 Å². The van der Waals surface area contributed by atoms with Gasteiger partial charge in [0.25, 0.3) is 0 Å². The minimum absolute atomic E-state index is 0.196. The van der Waals surface area contributed by atoms with Crippen LogP contribution in [0.1, 0.15) is 90.8 Å². The van der Waals surface area contributed by atoms with Crippen LogP contribution in [-0.4, -0.2) is 59.5 Å². The van der Waals surface area contributed by atoms with E-state index in [1.54, 1.807) is 37.4 Å². The summed E-state index contributed by atoms with van der Waals surface area (Å²) in [5.41, 5.74) is 1.26. The molecule has 0 saturated carbocycles. The van der Waals surface area contributed by atoms with Crippen LogP contribution in [0.5, 0.6) is 0 Å². The number of rotatable bonds is 15. The molecule has 0 aliphatic heterocycles. The van der Waals surface area contributed by atoms with Gasteiger partial charge in [-0.1, -0.05) is 57.9 Å². The van der Waals surface area contributed by atoms with Gasteiger partial charge in [0.15, 0.2) is 0 Å². The Morgan fingerprint density at radius 1 is 1.03 bits per heavy atom. The van der Waals surface area contributed by atoms with Crippen LogP contribution in [0.4, 0.5) is 4.79 Å². The first-order valence-corrected chi connectivity index (χ1v) is 14.6. The van der Waals surface area contributed by atoms with Gasteiger partial charge in [0.05, 0.1) is 0 Å². The lowest BCUT2D eigenvalue weighted by Gasteiger charge is -2.34. The molecule has 1 aromatic rings. The van der Waals surface area contributed by atoms with Gasteiger partial charge in [-0.05, 0) is 69.6 Å². The third-order valence-electron chi connectivity index (χ3n) is 5.73. The number of ether oxygens (including phenoxy) is 1. The zero-order chi connectivity index (χ0) is 27.1. The monoisotopic (exact) mass is 521 g/mol. The number of amides is 3. The highest BCUT2D eigenvalue weighted by atomic mass is 32.2. The van der Waals surface area contributed by atoms with Crippen LogP contribution in [0.25, 0.3) is 0 Å². The van der Waals surface area contributed by atoms with Crippen molar-refractivity contribution in [2.24, 2.45) is 0 Å². The second kappa shape index (κ2) is 16.5. The van der Waals surface area contributed by atoms with E-state index in [-0.39, 0.29) is 11.8 Å². The molecule has 0 aliphatic carbocycles. The van der Waals surface area contributed by atoms with Gasteiger partial charge in [-0.15, -0.1) is 0 Å². The van der Waals surface area contributed by atoms with Crippen LogP contribution in [0.2, 0.25) is 0 Å². The molecule has 8 heteroatoms. The minimum Gasteiger partial charge on any atom is -0.444 e. The number of nitrogens with one attached hydrogen (secondary N) is 2. The number of hydrogen-bond donors (Lipinski definition) is 2. The average molecular weight is 522 g/mol. The smallest absolute Gasteiger partial charge is 0.408 e. The maximum atomic E-state index is 14.0. The summed E-state index contributed by atoms with van der Waals surface area (Å²) in [5, 5.41) is 5.81. The summed E-state index contributed by atoms with van der Waals surface area (Å²) in [6.07, 6.45) is 6.12. The SMILES string of the molecule is CCCCNC(=O)C(c1ccc(CC)cc1)N(CCCC)C(=O)C(CCSC)NC(=O)OC(C)(C)C. The van der Waals surface area contributed by atoms with E-state index < -0.39 is 23.8 Å². The Morgan fingerprint density at radius 2 is 1.67 bits per heavy atom. The van der Waals surface area contributed by atoms with Gasteiger partial charge in [0.2, 0.25) is 11.8 Å². The number of carbonyl (C=O) groups excluding carboxylic acids is 3. The fourth-order valence-electron chi connectivity index (χ4n) is 3.73. The molecule has 36 heavy (non-hydrogen) atoms. The van der Waals surface area contributed by atoms with Crippen molar-refractivity contribution in [1.29, 1.82) is 0 Å². The van der Waals surface area contributed by atoms with Crippen molar-refractivity contribution in [2.45, 2.75) is 97.8 Å². The molecule has 2 unspecified atom stereocenters. The van der Waals surface area contributed by atoms with Crippen molar-refractivity contribution in [3.8, 4) is 0 Å². The standard InChI is InChI=1S/C28H47N3O4S/c1-8-11-18-29-25(32)24(22-15-13-21(10-3)14-16-22)31(19-12-9-2)26(33)23(17-20-36-7)30-27(34)35-28(4,5)6/h13-16,23-24H,8-12,17-20H2,1-7H3,(H,29,32)(H,30,34). The molecule has 0 fully saturated rings. The van der Waals surface area contributed by atoms with Crippen molar-refractivity contribution in [1.82, 2.24) is 15.5 Å². The number of thioether (sulfide) groups is 1. The number of nitrogens with zero attached hydrogens (tertiary/aromatic N) is 1. The molecule has 1 rings (SSSR count). The Kier molecular flexibility index (Phi) is 14.6. The van der Waals surface area contributed by atoms with Crippen molar-refractivity contribution in [3.63, 3.8) is 0 Å². The molecule has 204 valence electrons. The third-order valence-corrected chi connectivity index (χ3v) is 6.37. The van der Waals surface area contributed by atoms with Gasteiger partial charge < -0.3 is 20.3 Å². The molecule has 0 radical (unpaired) electrons. The summed E-state index contributed by atoms with van der Waals surface area (Å²) in [6, 6.07) is 6.33. The Morgan fingerprint density at radius 3 is 2.19 bits per heavy atom. The zero-order valence-corrected chi connectivity index (χ0v) is 24.1. The molecule has 1 aromatic carbocycles. The summed E-state index contributed by atoms with van der Waals surface area (Å²) >= 11 is 1.60. The van der Waals surface area contributed by atoms with E-state index in [2.05, 4.69) is 31.4 Å². The molecule has 0 bridgehead atoms. The van der Waals surface area contributed by atoms with E-state index in [1.807, 2.05) is 30.5 Å². The molecule has 0 saturated heterocycles. The molecule has 0 spiro atoms. The van der Waals surface area contributed by atoms with E-state index >= 15 is 0 Å². The second-order valence-electron chi connectivity index (χ2n) is 10.0. The highest BCUT2D eigenvalue weighted by molar-refractivity contribution is 7.98. The van der Waals surface area contributed by atoms with Crippen LogP contribution in [0.15, 0.2) is 24.3 Å². The van der Waals surface area contributed by atoms with Crippen molar-refractivity contribution in [2.75, 3.05) is 25.1 Å². The summed E-state index contributed by atoms with van der Waals surface area (Å²) in [4.78, 5) is 41.8. The lowest BCUT2D eigenvalue weighted by Crippen LogP contribution is -2.53. The van der Waals surface area contributed by atoms with Crippen LogP contribution < -0.4 is 10.6 Å². The number of aryl methyl sites for hydroxylation is 1. The van der Waals surface area contributed by atoms with Crippen molar-refractivity contribution < 1.29 is 19.1 Å². The van der Waals surface area contributed by atoms with Gasteiger partial charge in [0.1, 0.15) is 17.7 Å². The first kappa shape index (κ1) is 31.8. The molecule has 2 atom stereocenters. The van der Waals surface area contributed by atoms with Crippen LogP contribution in [0, 0.1) is 0 Å². The Bertz CT molecular complexity index is 808. The highest BCUT2D eigenvalue weighted by Gasteiger charge is 2.35. The summed E-state index contributed by atoms with van der Waals surface area (Å²) in [5.74, 6) is 0.225. The molecule has 0 aliphatic rings. The van der Waals surface area contributed by atoms with Gasteiger partial charge >= 0.3 is 6.09 Å². The van der Waals surface area contributed by atoms with Gasteiger partial charge in [-0.25, -0.2) is 4.79 Å². The predicted molar refractivity (Wildman–Crippen MR) is 149 cm³/mol. The largest absolute Gasteiger partial charge is 0.444 e. The van der Waals surface area contributed by atoms with E-state index in [1.165, 1.54) is 5.56 Å². The number of hydrogen-bond acceptors (Lipinski definition) is 5. The van der Waals surface area contributed by atoms with E-state index in [9.17, 15) is 14.4 Å². The topological polar surface area (TPSA) is 87.7 Å². The molecular weight excluding hydrogens is 474 g/mol. The third kappa shape index (κ3) is 11.2. The van der Waals surface area contributed by atoms with Crippen LogP contribution in [-0.2, 0) is 20.7 Å². The molecule has 2 N–H and O–H groups in total. The normalized spacial score (nSPS) is 13.0.